The number of amides is 2. The second-order valence-electron chi connectivity index (χ2n) is 9.82. The molecule has 2 aliphatic rings. The van der Waals surface area contributed by atoms with E-state index in [4.69, 9.17) is 14.7 Å². The summed E-state index contributed by atoms with van der Waals surface area (Å²) in [5.41, 5.74) is 8.09. The molecule has 0 radical (unpaired) electrons. The van der Waals surface area contributed by atoms with E-state index in [-0.39, 0.29) is 11.9 Å². The number of benzene rings is 3. The number of anilines is 1. The summed E-state index contributed by atoms with van der Waals surface area (Å²) >= 11 is 3.48. The molecular weight excluding hydrogens is 560 g/mol. The van der Waals surface area contributed by atoms with Crippen LogP contribution in [0.4, 0.5) is 10.5 Å². The number of methoxy groups -OCH3 is 1. The van der Waals surface area contributed by atoms with E-state index in [0.29, 0.717) is 25.1 Å². The summed E-state index contributed by atoms with van der Waals surface area (Å²) in [4.78, 5) is 45.3. The quantitative estimate of drug-likeness (QED) is 0.301. The van der Waals surface area contributed by atoms with Crippen molar-refractivity contribution >= 4 is 55.7 Å². The van der Waals surface area contributed by atoms with Crippen LogP contribution in [0.5, 0.6) is 0 Å². The van der Waals surface area contributed by atoms with Crippen LogP contribution in [0.2, 0.25) is 0 Å². The van der Waals surface area contributed by atoms with Gasteiger partial charge in [0.05, 0.1) is 52.8 Å². The Morgan fingerprint density at radius 2 is 1.92 bits per heavy atom. The van der Waals surface area contributed by atoms with Gasteiger partial charge in [0.2, 0.25) is 5.91 Å². The number of imidazole rings is 1. The van der Waals surface area contributed by atoms with Crippen molar-refractivity contribution in [3.8, 4) is 11.3 Å². The van der Waals surface area contributed by atoms with Crippen molar-refractivity contribution in [2.24, 2.45) is 0 Å². The lowest BCUT2D eigenvalue weighted by atomic mass is 10.0. The van der Waals surface area contributed by atoms with Crippen molar-refractivity contribution in [3.05, 3.63) is 82.2 Å². The lowest BCUT2D eigenvalue weighted by Crippen LogP contribution is -2.48. The number of alkyl carbamates (subject to hydrolysis) is 1. The van der Waals surface area contributed by atoms with Crippen LogP contribution in [0.1, 0.15) is 29.4 Å². The zero-order valence-electron chi connectivity index (χ0n) is 20.9. The first-order valence-electron chi connectivity index (χ1n) is 12.7. The molecule has 0 aliphatic carbocycles. The molecule has 3 aromatic carbocycles. The number of H-pyrrole nitrogens is 1. The number of carbonyl (C=O) groups excluding carboxylic acids is 2. The van der Waals surface area contributed by atoms with Crippen molar-refractivity contribution in [2.45, 2.75) is 31.3 Å². The molecule has 2 N–H and O–H groups in total. The average molecular weight is 583 g/mol. The maximum absolute atomic E-state index is 13.8. The van der Waals surface area contributed by atoms with Gasteiger partial charge in [-0.3, -0.25) is 14.7 Å². The number of aromatic nitrogens is 4. The molecule has 0 saturated heterocycles. The highest BCUT2D eigenvalue weighted by molar-refractivity contribution is 9.10. The van der Waals surface area contributed by atoms with Crippen molar-refractivity contribution < 1.29 is 14.3 Å². The third kappa shape index (κ3) is 4.02. The molecule has 0 spiro atoms. The molecule has 0 bridgehead atoms. The second kappa shape index (κ2) is 9.16. The van der Waals surface area contributed by atoms with Gasteiger partial charge >= 0.3 is 6.09 Å². The van der Waals surface area contributed by atoms with Gasteiger partial charge in [-0.15, -0.1) is 0 Å². The Kier molecular flexibility index (Phi) is 5.59. The average Bonchev–Trinajstić information content (AvgIpc) is 3.52. The van der Waals surface area contributed by atoms with E-state index >= 15 is 0 Å². The van der Waals surface area contributed by atoms with Gasteiger partial charge in [0.15, 0.2) is 0 Å². The first-order valence-corrected chi connectivity index (χ1v) is 13.5. The van der Waals surface area contributed by atoms with E-state index < -0.39 is 12.1 Å². The van der Waals surface area contributed by atoms with E-state index in [1.165, 1.54) is 7.11 Å². The van der Waals surface area contributed by atoms with Crippen LogP contribution in [-0.2, 0) is 22.4 Å². The van der Waals surface area contributed by atoms with Crippen LogP contribution in [0.3, 0.4) is 0 Å². The molecule has 0 fully saturated rings. The summed E-state index contributed by atoms with van der Waals surface area (Å²) in [6.45, 7) is 0. The fourth-order valence-electron chi connectivity index (χ4n) is 5.65. The first-order chi connectivity index (χ1) is 19.0. The van der Waals surface area contributed by atoms with E-state index in [0.717, 1.165) is 54.6 Å². The molecule has 9 nitrogen and oxygen atoms in total. The Hall–Kier alpha value is -4.31. The van der Waals surface area contributed by atoms with Gasteiger partial charge in [-0.1, -0.05) is 40.2 Å². The summed E-state index contributed by atoms with van der Waals surface area (Å²) in [6.07, 6.45) is 2.97. The summed E-state index contributed by atoms with van der Waals surface area (Å²) in [6, 6.07) is 16.9. The third-order valence-electron chi connectivity index (χ3n) is 7.50. The highest BCUT2D eigenvalue weighted by Gasteiger charge is 2.42. The van der Waals surface area contributed by atoms with E-state index in [1.54, 1.807) is 6.20 Å². The smallest absolute Gasteiger partial charge is 0.407 e. The van der Waals surface area contributed by atoms with Gasteiger partial charge < -0.3 is 15.0 Å². The van der Waals surface area contributed by atoms with E-state index in [9.17, 15) is 9.59 Å². The number of ether oxygens (including phenoxy) is 1. The van der Waals surface area contributed by atoms with Gasteiger partial charge in [-0.05, 0) is 54.3 Å². The summed E-state index contributed by atoms with van der Waals surface area (Å²) in [5.74, 6) is 0.541. The molecule has 2 aliphatic heterocycles. The van der Waals surface area contributed by atoms with Crippen LogP contribution in [0.15, 0.2) is 65.3 Å². The fraction of sp³-hybridized carbons (Fsp3) is 0.207. The Morgan fingerprint density at radius 1 is 1.08 bits per heavy atom. The molecule has 5 aromatic rings. The lowest BCUT2D eigenvalue weighted by Gasteiger charge is -2.27. The number of fused-ring (bicyclic) bond motifs is 2. The van der Waals surface area contributed by atoms with E-state index in [1.807, 2.05) is 47.4 Å². The Balaban J connectivity index is 1.26. The van der Waals surface area contributed by atoms with Gasteiger partial charge in [-0.25, -0.2) is 14.8 Å². The van der Waals surface area contributed by atoms with Crippen molar-refractivity contribution in [1.82, 2.24) is 25.3 Å². The number of hydrogen-bond donors (Lipinski definition) is 2. The predicted octanol–water partition coefficient (Wildman–Crippen LogP) is 5.24. The van der Waals surface area contributed by atoms with Crippen molar-refractivity contribution in [3.63, 3.8) is 0 Å². The number of carbonyl (C=O) groups is 2. The molecule has 2 amide bonds. The number of nitrogens with zero attached hydrogens (tertiary/aromatic N) is 4. The Morgan fingerprint density at radius 3 is 2.79 bits per heavy atom. The molecular formula is C29H23BrN6O3. The number of nitrogens with one attached hydrogen (secondary N) is 2. The Labute approximate surface area is 231 Å². The number of hydrogen-bond acceptors (Lipinski definition) is 6. The minimum absolute atomic E-state index is 0.159. The number of aryl methyl sites for hydroxylation is 1. The highest BCUT2D eigenvalue weighted by atomic mass is 79.9. The molecule has 194 valence electrons. The maximum Gasteiger partial charge on any atom is 0.407 e. The molecule has 2 atom stereocenters. The van der Waals surface area contributed by atoms with Crippen LogP contribution >= 0.6 is 15.9 Å². The number of para-hydroxylation sites is 1. The maximum atomic E-state index is 13.8. The number of halogens is 1. The van der Waals surface area contributed by atoms with Gasteiger partial charge in [-0.2, -0.15) is 0 Å². The van der Waals surface area contributed by atoms with Crippen molar-refractivity contribution in [2.75, 3.05) is 12.0 Å². The van der Waals surface area contributed by atoms with Crippen LogP contribution in [0.25, 0.3) is 33.3 Å². The van der Waals surface area contributed by atoms with Crippen LogP contribution in [0, 0.1) is 0 Å². The number of aromatic amines is 1. The number of rotatable bonds is 3. The highest BCUT2D eigenvalue weighted by Crippen LogP contribution is 2.44. The fourth-order valence-corrected chi connectivity index (χ4v) is 6.00. The largest absolute Gasteiger partial charge is 0.453 e. The minimum Gasteiger partial charge on any atom is -0.453 e. The SMILES string of the molecule is COC(=O)N[C@H]1CCc2cccc3c2N(C1=O)[C@H](c1nc2ccc(-c4cnc5cc(Br)ccc5n4)cc2[nH]1)C3. The van der Waals surface area contributed by atoms with Crippen LogP contribution in [-0.4, -0.2) is 45.1 Å². The summed E-state index contributed by atoms with van der Waals surface area (Å²) < 4.78 is 5.74. The van der Waals surface area contributed by atoms with Gasteiger partial charge in [0.1, 0.15) is 11.9 Å². The van der Waals surface area contributed by atoms with Gasteiger partial charge in [0.25, 0.3) is 0 Å². The standard InChI is InChI=1S/C29H23BrN6O3/c1-39-29(38)35-21-9-5-15-3-2-4-17-12-25(36(26(15)17)28(21)37)27-33-20-8-6-16(11-23(20)34-27)24-14-31-22-13-18(30)7-10-19(22)32-24/h2-4,6-8,10-11,13-14,21,25H,5,9,12H2,1H3,(H,33,34)(H,35,38)/t21-,25-/m0/s1. The lowest BCUT2D eigenvalue weighted by molar-refractivity contribution is -0.121. The monoisotopic (exact) mass is 582 g/mol. The molecule has 2 aromatic heterocycles. The molecule has 0 saturated carbocycles. The Bertz CT molecular complexity index is 1800. The van der Waals surface area contributed by atoms with Crippen molar-refractivity contribution in [1.29, 1.82) is 0 Å². The van der Waals surface area contributed by atoms with Crippen LogP contribution < -0.4 is 10.2 Å². The molecule has 39 heavy (non-hydrogen) atoms. The topological polar surface area (TPSA) is 113 Å². The zero-order chi connectivity index (χ0) is 26.7. The summed E-state index contributed by atoms with van der Waals surface area (Å²) in [7, 11) is 1.30. The zero-order valence-corrected chi connectivity index (χ0v) is 22.5. The first kappa shape index (κ1) is 23.8. The predicted molar refractivity (Wildman–Crippen MR) is 150 cm³/mol. The van der Waals surface area contributed by atoms with E-state index in [2.05, 4.69) is 43.3 Å². The molecule has 4 heterocycles. The summed E-state index contributed by atoms with van der Waals surface area (Å²) in [5, 5.41) is 2.72. The third-order valence-corrected chi connectivity index (χ3v) is 7.99. The van der Waals surface area contributed by atoms with Gasteiger partial charge in [0, 0.05) is 16.5 Å². The minimum atomic E-state index is -0.679. The molecule has 10 heteroatoms. The molecule has 0 unspecified atom stereocenters. The molecule has 7 rings (SSSR count). The second-order valence-corrected chi connectivity index (χ2v) is 10.7. The normalized spacial score (nSPS) is 18.3.